The first kappa shape index (κ1) is 12.5. The number of halogens is 1. The fourth-order valence-corrected chi connectivity index (χ4v) is 1.29. The molecule has 0 aliphatic carbocycles. The number of rotatable bonds is 6. The van der Waals surface area contributed by atoms with Crippen LogP contribution in [0.25, 0.3) is 0 Å². The smallest absolute Gasteiger partial charge is 0.303 e. The first-order valence-corrected chi connectivity index (χ1v) is 5.67. The van der Waals surface area contributed by atoms with E-state index in [1.165, 1.54) is 0 Å². The second-order valence-electron chi connectivity index (χ2n) is 1.98. The quantitative estimate of drug-likeness (QED) is 0.331. The highest BCUT2D eigenvalue weighted by molar-refractivity contribution is 14.1. The normalized spacial score (nSPS) is 12.0. The van der Waals surface area contributed by atoms with Gasteiger partial charge in [0.2, 0.25) is 0 Å². The minimum Gasteiger partial charge on any atom is -0.303 e. The lowest BCUT2D eigenvalue weighted by Gasteiger charge is -2.11. The number of phosphoric acid groups is 1. The van der Waals surface area contributed by atoms with Crippen molar-refractivity contribution < 1.29 is 18.9 Å². The van der Waals surface area contributed by atoms with Crippen molar-refractivity contribution in [3.63, 3.8) is 0 Å². The van der Waals surface area contributed by atoms with Crippen molar-refractivity contribution >= 4 is 30.7 Å². The molecule has 7 heteroatoms. The van der Waals surface area contributed by atoms with Gasteiger partial charge in [-0.15, -0.1) is 6.58 Å². The Balaban J connectivity index is 3.43. The van der Waals surface area contributed by atoms with E-state index in [1.807, 2.05) is 22.9 Å². The molecule has 12 heavy (non-hydrogen) atoms. The zero-order valence-electron chi connectivity index (χ0n) is 6.39. The van der Waals surface area contributed by atoms with E-state index in [0.29, 0.717) is 13.1 Å². The number of nitrogens with zero attached hydrogens (tertiary/aromatic N) is 1. The van der Waals surface area contributed by atoms with Crippen LogP contribution in [0.5, 0.6) is 0 Å². The van der Waals surface area contributed by atoms with Crippen molar-refractivity contribution in [2.45, 2.75) is 0 Å². The van der Waals surface area contributed by atoms with Gasteiger partial charge < -0.3 is 9.79 Å². The predicted molar refractivity (Wildman–Crippen MR) is 53.8 cm³/mol. The SMILES string of the molecule is C=CCN(I)CCOP(=O)(O)O. The maximum absolute atomic E-state index is 10.2. The van der Waals surface area contributed by atoms with E-state index in [2.05, 4.69) is 11.1 Å². The lowest BCUT2D eigenvalue weighted by atomic mass is 10.6. The van der Waals surface area contributed by atoms with Crippen LogP contribution in [0.3, 0.4) is 0 Å². The third-order valence-electron chi connectivity index (χ3n) is 0.921. The topological polar surface area (TPSA) is 70.0 Å². The van der Waals surface area contributed by atoms with Crippen LogP contribution >= 0.6 is 30.7 Å². The van der Waals surface area contributed by atoms with E-state index in [4.69, 9.17) is 9.79 Å². The molecule has 0 saturated carbocycles. The predicted octanol–water partition coefficient (Wildman–Crippen LogP) is 0.934. The van der Waals surface area contributed by atoms with Gasteiger partial charge in [0.05, 0.1) is 6.61 Å². The minimum absolute atomic E-state index is 0.0149. The molecule has 0 aliphatic rings. The largest absolute Gasteiger partial charge is 0.469 e. The number of hydrogen-bond donors (Lipinski definition) is 2. The molecule has 72 valence electrons. The van der Waals surface area contributed by atoms with Crippen LogP contribution in [0.15, 0.2) is 12.7 Å². The fraction of sp³-hybridized carbons (Fsp3) is 0.600. The number of phosphoric ester groups is 1. The Bertz CT molecular complexity index is 182. The first-order valence-electron chi connectivity index (χ1n) is 3.17. The van der Waals surface area contributed by atoms with Crippen LogP contribution in [0.2, 0.25) is 0 Å². The molecular weight excluding hydrogens is 296 g/mol. The highest BCUT2D eigenvalue weighted by Crippen LogP contribution is 2.35. The zero-order chi connectivity index (χ0) is 9.61. The Kier molecular flexibility index (Phi) is 6.34. The highest BCUT2D eigenvalue weighted by Gasteiger charge is 2.13. The molecule has 0 atom stereocenters. The van der Waals surface area contributed by atoms with Gasteiger partial charge in [0.15, 0.2) is 0 Å². The van der Waals surface area contributed by atoms with Gasteiger partial charge in [0, 0.05) is 36.0 Å². The summed E-state index contributed by atoms with van der Waals surface area (Å²) in [6.45, 7) is 4.65. The van der Waals surface area contributed by atoms with Crippen LogP contribution in [0.1, 0.15) is 0 Å². The summed E-state index contributed by atoms with van der Waals surface area (Å²) in [5.41, 5.74) is 0. The summed E-state index contributed by atoms with van der Waals surface area (Å²) in [4.78, 5) is 16.6. The molecule has 0 spiro atoms. The molecule has 0 fully saturated rings. The Hall–Kier alpha value is 0.540. The molecule has 0 radical (unpaired) electrons. The van der Waals surface area contributed by atoms with Crippen LogP contribution in [-0.4, -0.2) is 32.6 Å². The van der Waals surface area contributed by atoms with Crippen LogP contribution in [0.4, 0.5) is 0 Å². The summed E-state index contributed by atoms with van der Waals surface area (Å²) in [7, 11) is -4.30. The molecule has 0 aromatic carbocycles. The summed E-state index contributed by atoms with van der Waals surface area (Å²) >= 11 is 2.02. The van der Waals surface area contributed by atoms with Gasteiger partial charge >= 0.3 is 7.82 Å². The van der Waals surface area contributed by atoms with Gasteiger partial charge in [-0.3, -0.25) is 4.52 Å². The van der Waals surface area contributed by atoms with Crippen molar-refractivity contribution in [2.75, 3.05) is 19.7 Å². The molecule has 0 bridgehead atoms. The third-order valence-corrected chi connectivity index (χ3v) is 2.32. The summed E-state index contributed by atoms with van der Waals surface area (Å²) in [5, 5.41) is 0. The third kappa shape index (κ3) is 8.63. The van der Waals surface area contributed by atoms with Crippen LogP contribution < -0.4 is 0 Å². The highest BCUT2D eigenvalue weighted by atomic mass is 127. The zero-order valence-corrected chi connectivity index (χ0v) is 9.44. The molecule has 0 heterocycles. The molecule has 0 rings (SSSR count). The molecular formula is C5H11INO4P. The van der Waals surface area contributed by atoms with Crippen LogP contribution in [0, 0.1) is 0 Å². The summed E-state index contributed by atoms with van der Waals surface area (Å²) in [6, 6.07) is 0. The standard InChI is InChI=1S/C5H11INO4P/c1-2-3-7(6)4-5-11-12(8,9)10/h2H,1,3-5H2,(H2,8,9,10). The van der Waals surface area contributed by atoms with Crippen LogP contribution in [-0.2, 0) is 9.09 Å². The Labute approximate surface area is 85.1 Å². The van der Waals surface area contributed by atoms with Crippen molar-refractivity contribution in [3.05, 3.63) is 12.7 Å². The Morgan fingerprint density at radius 2 is 2.25 bits per heavy atom. The molecule has 0 aromatic heterocycles. The molecule has 0 saturated heterocycles. The van der Waals surface area contributed by atoms with E-state index in [-0.39, 0.29) is 6.61 Å². The van der Waals surface area contributed by atoms with Gasteiger partial charge in [-0.05, 0) is 0 Å². The minimum atomic E-state index is -4.30. The Morgan fingerprint density at radius 3 is 2.67 bits per heavy atom. The summed E-state index contributed by atoms with van der Waals surface area (Å²) in [6.07, 6.45) is 1.70. The monoisotopic (exact) mass is 307 g/mol. The van der Waals surface area contributed by atoms with Crippen molar-refractivity contribution in [2.24, 2.45) is 0 Å². The van der Waals surface area contributed by atoms with Gasteiger partial charge in [-0.2, -0.15) is 0 Å². The van der Waals surface area contributed by atoms with Gasteiger partial charge in [-0.1, -0.05) is 6.08 Å². The maximum atomic E-state index is 10.2. The van der Waals surface area contributed by atoms with Gasteiger partial charge in [-0.25, -0.2) is 7.68 Å². The second-order valence-corrected chi connectivity index (χ2v) is 4.59. The average Bonchev–Trinajstić information content (AvgIpc) is 1.84. The lowest BCUT2D eigenvalue weighted by Crippen LogP contribution is -2.16. The van der Waals surface area contributed by atoms with Crippen molar-refractivity contribution in [1.82, 2.24) is 3.11 Å². The van der Waals surface area contributed by atoms with Crippen molar-refractivity contribution in [1.29, 1.82) is 0 Å². The van der Waals surface area contributed by atoms with E-state index in [9.17, 15) is 4.57 Å². The summed E-state index contributed by atoms with van der Waals surface area (Å²) < 4.78 is 16.2. The van der Waals surface area contributed by atoms with E-state index in [0.717, 1.165) is 0 Å². The van der Waals surface area contributed by atoms with E-state index < -0.39 is 7.82 Å². The molecule has 0 amide bonds. The molecule has 0 unspecified atom stereocenters. The molecule has 5 nitrogen and oxygen atoms in total. The molecule has 0 aromatic rings. The molecule has 2 N–H and O–H groups in total. The maximum Gasteiger partial charge on any atom is 0.469 e. The number of hydrogen-bond acceptors (Lipinski definition) is 3. The average molecular weight is 307 g/mol. The Morgan fingerprint density at radius 1 is 1.67 bits per heavy atom. The molecule has 0 aliphatic heterocycles. The van der Waals surface area contributed by atoms with E-state index in [1.54, 1.807) is 9.19 Å². The second kappa shape index (κ2) is 6.06. The lowest BCUT2D eigenvalue weighted by molar-refractivity contribution is 0.191. The fourth-order valence-electron chi connectivity index (χ4n) is 0.490. The van der Waals surface area contributed by atoms with Gasteiger partial charge in [0.1, 0.15) is 0 Å². The van der Waals surface area contributed by atoms with Gasteiger partial charge in [0.25, 0.3) is 0 Å². The first-order chi connectivity index (χ1) is 5.45. The van der Waals surface area contributed by atoms with E-state index >= 15 is 0 Å². The summed E-state index contributed by atoms with van der Waals surface area (Å²) in [5.74, 6) is 0. The van der Waals surface area contributed by atoms with Crippen molar-refractivity contribution in [3.8, 4) is 0 Å².